The normalized spacial score (nSPS) is 9.60. The molecule has 1 aromatic heterocycles. The van der Waals surface area contributed by atoms with Gasteiger partial charge in [-0.15, -0.1) is 0 Å². The van der Waals surface area contributed by atoms with Gasteiger partial charge in [-0.3, -0.25) is 0 Å². The van der Waals surface area contributed by atoms with Gasteiger partial charge in [-0.1, -0.05) is 17.4 Å². The van der Waals surface area contributed by atoms with E-state index >= 15 is 0 Å². The molecule has 0 aliphatic heterocycles. The fraction of sp³-hybridized carbons (Fsp3) is 0. The maximum absolute atomic E-state index is 8.73. The van der Waals surface area contributed by atoms with E-state index in [4.69, 9.17) is 5.26 Å². The Labute approximate surface area is 99.5 Å². The van der Waals surface area contributed by atoms with Gasteiger partial charge in [0, 0.05) is 5.69 Å². The standard InChI is InChI=1S/C10H6BrN3S/c11-9-6-13-10(15-9)14-8-3-1-2-7(4-8)5-12/h1-4,6H,(H,13,14). The van der Waals surface area contributed by atoms with Gasteiger partial charge in [-0.2, -0.15) is 5.26 Å². The minimum atomic E-state index is 0.635. The van der Waals surface area contributed by atoms with Crippen LogP contribution in [-0.2, 0) is 0 Å². The number of nitrogens with one attached hydrogen (secondary N) is 1. The molecule has 0 saturated carbocycles. The van der Waals surface area contributed by atoms with E-state index in [9.17, 15) is 0 Å². The number of benzene rings is 1. The molecule has 1 N–H and O–H groups in total. The van der Waals surface area contributed by atoms with E-state index in [-0.39, 0.29) is 0 Å². The molecule has 0 aliphatic carbocycles. The van der Waals surface area contributed by atoms with Crippen molar-refractivity contribution in [2.24, 2.45) is 0 Å². The van der Waals surface area contributed by atoms with Crippen LogP contribution in [0.4, 0.5) is 10.8 Å². The van der Waals surface area contributed by atoms with Crippen molar-refractivity contribution < 1.29 is 0 Å². The van der Waals surface area contributed by atoms with Gasteiger partial charge in [0.15, 0.2) is 5.13 Å². The zero-order chi connectivity index (χ0) is 10.7. The first-order valence-corrected chi connectivity index (χ1v) is 5.77. The highest BCUT2D eigenvalue weighted by atomic mass is 79.9. The number of thiazole rings is 1. The van der Waals surface area contributed by atoms with E-state index in [0.29, 0.717) is 5.56 Å². The fourth-order valence-corrected chi connectivity index (χ4v) is 2.23. The fourth-order valence-electron chi connectivity index (χ4n) is 1.10. The third kappa shape index (κ3) is 2.55. The number of halogens is 1. The van der Waals surface area contributed by atoms with Crippen LogP contribution in [0.5, 0.6) is 0 Å². The summed E-state index contributed by atoms with van der Waals surface area (Å²) in [5.74, 6) is 0. The summed E-state index contributed by atoms with van der Waals surface area (Å²) in [5.41, 5.74) is 1.51. The van der Waals surface area contributed by atoms with Crippen molar-refractivity contribution >= 4 is 38.1 Å². The summed E-state index contributed by atoms with van der Waals surface area (Å²) >= 11 is 4.84. The average Bonchev–Trinajstić information content (AvgIpc) is 2.64. The Morgan fingerprint density at radius 3 is 3.00 bits per heavy atom. The summed E-state index contributed by atoms with van der Waals surface area (Å²) < 4.78 is 0.974. The van der Waals surface area contributed by atoms with E-state index in [1.165, 1.54) is 11.3 Å². The maximum Gasteiger partial charge on any atom is 0.188 e. The zero-order valence-corrected chi connectivity index (χ0v) is 9.97. The number of anilines is 2. The predicted octanol–water partition coefficient (Wildman–Crippen LogP) is 3.52. The highest BCUT2D eigenvalue weighted by molar-refractivity contribution is 9.11. The summed E-state index contributed by atoms with van der Waals surface area (Å²) in [7, 11) is 0. The first kappa shape index (κ1) is 10.1. The maximum atomic E-state index is 8.73. The molecular formula is C10H6BrN3S. The molecule has 74 valence electrons. The number of nitriles is 1. The second-order valence-electron chi connectivity index (χ2n) is 2.79. The van der Waals surface area contributed by atoms with Crippen molar-refractivity contribution in [3.05, 3.63) is 39.8 Å². The molecule has 2 rings (SSSR count). The second kappa shape index (κ2) is 4.43. The molecule has 0 amide bonds. The molecule has 15 heavy (non-hydrogen) atoms. The third-order valence-corrected chi connectivity index (χ3v) is 3.11. The molecule has 0 aliphatic rings. The van der Waals surface area contributed by atoms with E-state index in [1.807, 2.05) is 12.1 Å². The number of rotatable bonds is 2. The van der Waals surface area contributed by atoms with Gasteiger partial charge in [0.2, 0.25) is 0 Å². The lowest BCUT2D eigenvalue weighted by Crippen LogP contribution is -1.89. The third-order valence-electron chi connectivity index (χ3n) is 1.72. The van der Waals surface area contributed by atoms with Crippen LogP contribution in [0.15, 0.2) is 34.2 Å². The lowest BCUT2D eigenvalue weighted by atomic mass is 10.2. The topological polar surface area (TPSA) is 48.7 Å². The van der Waals surface area contributed by atoms with Crippen LogP contribution in [0, 0.1) is 11.3 Å². The van der Waals surface area contributed by atoms with Crippen molar-refractivity contribution in [3.63, 3.8) is 0 Å². The minimum absolute atomic E-state index is 0.635. The summed E-state index contributed by atoms with van der Waals surface area (Å²) in [6.45, 7) is 0. The zero-order valence-electron chi connectivity index (χ0n) is 7.57. The largest absolute Gasteiger partial charge is 0.331 e. The van der Waals surface area contributed by atoms with Gasteiger partial charge in [0.05, 0.1) is 21.6 Å². The molecule has 1 heterocycles. The van der Waals surface area contributed by atoms with Gasteiger partial charge in [-0.25, -0.2) is 4.98 Å². The molecule has 5 heteroatoms. The Kier molecular flexibility index (Phi) is 2.99. The molecule has 0 fully saturated rings. The van der Waals surface area contributed by atoms with E-state index < -0.39 is 0 Å². The Morgan fingerprint density at radius 2 is 2.33 bits per heavy atom. The van der Waals surface area contributed by atoms with Gasteiger partial charge in [0.25, 0.3) is 0 Å². The minimum Gasteiger partial charge on any atom is -0.331 e. The van der Waals surface area contributed by atoms with Crippen LogP contribution in [0.25, 0.3) is 0 Å². The molecule has 0 spiro atoms. The van der Waals surface area contributed by atoms with Crippen molar-refractivity contribution in [1.82, 2.24) is 4.98 Å². The second-order valence-corrected chi connectivity index (χ2v) is 5.20. The SMILES string of the molecule is N#Cc1cccc(Nc2ncc(Br)s2)c1. The van der Waals surface area contributed by atoms with Gasteiger partial charge < -0.3 is 5.32 Å². The Hall–Kier alpha value is -1.38. The van der Waals surface area contributed by atoms with Crippen molar-refractivity contribution in [1.29, 1.82) is 5.26 Å². The predicted molar refractivity (Wildman–Crippen MR) is 64.3 cm³/mol. The molecular weight excluding hydrogens is 274 g/mol. The van der Waals surface area contributed by atoms with Gasteiger partial charge in [0.1, 0.15) is 0 Å². The summed E-state index contributed by atoms with van der Waals surface area (Å²) in [4.78, 5) is 4.14. The van der Waals surface area contributed by atoms with Crippen LogP contribution in [-0.4, -0.2) is 4.98 Å². The number of hydrogen-bond donors (Lipinski definition) is 1. The van der Waals surface area contributed by atoms with Gasteiger partial charge >= 0.3 is 0 Å². The molecule has 0 atom stereocenters. The van der Waals surface area contributed by atoms with Crippen molar-refractivity contribution in [2.45, 2.75) is 0 Å². The Balaban J connectivity index is 2.21. The highest BCUT2D eigenvalue weighted by Crippen LogP contribution is 2.26. The Bertz CT molecular complexity index is 515. The molecule has 0 bridgehead atoms. The monoisotopic (exact) mass is 279 g/mol. The van der Waals surface area contributed by atoms with Crippen LogP contribution >= 0.6 is 27.3 Å². The summed E-state index contributed by atoms with van der Waals surface area (Å²) in [6, 6.07) is 9.38. The number of nitrogens with zero attached hydrogens (tertiary/aromatic N) is 2. The van der Waals surface area contributed by atoms with Crippen LogP contribution in [0.1, 0.15) is 5.56 Å². The van der Waals surface area contributed by atoms with E-state index in [0.717, 1.165) is 14.6 Å². The molecule has 0 unspecified atom stereocenters. The Morgan fingerprint density at radius 1 is 1.47 bits per heavy atom. The van der Waals surface area contributed by atoms with Gasteiger partial charge in [-0.05, 0) is 34.1 Å². The lowest BCUT2D eigenvalue weighted by molar-refractivity contribution is 1.38. The first-order valence-electron chi connectivity index (χ1n) is 4.16. The smallest absolute Gasteiger partial charge is 0.188 e. The highest BCUT2D eigenvalue weighted by Gasteiger charge is 2.00. The van der Waals surface area contributed by atoms with E-state index in [2.05, 4.69) is 32.3 Å². The van der Waals surface area contributed by atoms with Crippen LogP contribution in [0.2, 0.25) is 0 Å². The van der Waals surface area contributed by atoms with Crippen molar-refractivity contribution in [3.8, 4) is 6.07 Å². The number of aromatic nitrogens is 1. The molecule has 0 saturated heterocycles. The van der Waals surface area contributed by atoms with E-state index in [1.54, 1.807) is 18.3 Å². The molecule has 2 aromatic rings. The molecule has 1 aromatic carbocycles. The van der Waals surface area contributed by atoms with Crippen LogP contribution in [0.3, 0.4) is 0 Å². The number of hydrogen-bond acceptors (Lipinski definition) is 4. The average molecular weight is 280 g/mol. The summed E-state index contributed by atoms with van der Waals surface area (Å²) in [6.07, 6.45) is 1.74. The first-order chi connectivity index (χ1) is 7.28. The quantitative estimate of drug-likeness (QED) is 0.915. The van der Waals surface area contributed by atoms with Crippen molar-refractivity contribution in [2.75, 3.05) is 5.32 Å². The molecule has 0 radical (unpaired) electrons. The molecule has 3 nitrogen and oxygen atoms in total. The van der Waals surface area contributed by atoms with Crippen LogP contribution < -0.4 is 5.32 Å². The summed E-state index contributed by atoms with van der Waals surface area (Å²) in [5, 5.41) is 12.7. The lowest BCUT2D eigenvalue weighted by Gasteiger charge is -2.01.